The summed E-state index contributed by atoms with van der Waals surface area (Å²) in [5.74, 6) is 0. The van der Waals surface area contributed by atoms with Gasteiger partial charge in [-0.05, 0) is 0 Å². The lowest BCUT2D eigenvalue weighted by Gasteiger charge is -2.45. The highest BCUT2D eigenvalue weighted by atomic mass is 16.7. The van der Waals surface area contributed by atoms with E-state index in [1.807, 2.05) is 0 Å². The van der Waals surface area contributed by atoms with E-state index in [1.165, 1.54) is 0 Å². The molecule has 0 amide bonds. The van der Waals surface area contributed by atoms with Crippen LogP contribution in [0.25, 0.3) is 0 Å². The lowest BCUT2D eigenvalue weighted by Crippen LogP contribution is -2.67. The number of ether oxygens (including phenoxy) is 1. The van der Waals surface area contributed by atoms with E-state index in [-0.39, 0.29) is 0 Å². The average molecular weight is 210 g/mol. The van der Waals surface area contributed by atoms with E-state index in [4.69, 9.17) is 20.4 Å². The third-order valence-corrected chi connectivity index (χ3v) is 2.40. The zero-order valence-corrected chi connectivity index (χ0v) is 7.32. The summed E-state index contributed by atoms with van der Waals surface area (Å²) in [5, 5.41) is 54.6. The fourth-order valence-electron chi connectivity index (χ4n) is 1.36. The van der Waals surface area contributed by atoms with Gasteiger partial charge in [0, 0.05) is 0 Å². The van der Waals surface area contributed by atoms with Crippen molar-refractivity contribution in [2.75, 3.05) is 13.2 Å². The molecule has 14 heavy (non-hydrogen) atoms. The van der Waals surface area contributed by atoms with E-state index in [2.05, 4.69) is 4.74 Å². The molecule has 84 valence electrons. The summed E-state index contributed by atoms with van der Waals surface area (Å²) in [5.41, 5.74) is -1.85. The molecule has 0 saturated carbocycles. The summed E-state index contributed by atoms with van der Waals surface area (Å²) in [6.45, 7) is -1.57. The van der Waals surface area contributed by atoms with Gasteiger partial charge in [0.25, 0.3) is 0 Å². The Balaban J connectivity index is 2.88. The number of hydrogen-bond donors (Lipinski definition) is 6. The smallest absolute Gasteiger partial charge is 0.184 e. The Morgan fingerprint density at radius 1 is 0.929 bits per heavy atom. The molecule has 0 radical (unpaired) electrons. The Kier molecular flexibility index (Phi) is 3.43. The second-order valence-corrected chi connectivity index (χ2v) is 3.32. The molecule has 0 aliphatic carbocycles. The van der Waals surface area contributed by atoms with Crippen molar-refractivity contribution in [3.8, 4) is 0 Å². The quantitative estimate of drug-likeness (QED) is 0.275. The van der Waals surface area contributed by atoms with E-state index >= 15 is 0 Å². The van der Waals surface area contributed by atoms with Gasteiger partial charge in [-0.25, -0.2) is 0 Å². The molecule has 1 heterocycles. The van der Waals surface area contributed by atoms with Gasteiger partial charge >= 0.3 is 0 Å². The number of aliphatic hydroxyl groups is 6. The molecule has 7 nitrogen and oxygen atoms in total. The maximum absolute atomic E-state index is 9.41. The van der Waals surface area contributed by atoms with E-state index in [9.17, 15) is 10.2 Å². The van der Waals surface area contributed by atoms with Crippen LogP contribution in [-0.2, 0) is 4.74 Å². The van der Waals surface area contributed by atoms with Crippen LogP contribution >= 0.6 is 0 Å². The van der Waals surface area contributed by atoms with Gasteiger partial charge < -0.3 is 35.4 Å². The van der Waals surface area contributed by atoms with Gasteiger partial charge in [0.15, 0.2) is 6.29 Å². The van der Waals surface area contributed by atoms with Crippen molar-refractivity contribution in [3.05, 3.63) is 0 Å². The van der Waals surface area contributed by atoms with Crippen molar-refractivity contribution in [1.29, 1.82) is 0 Å². The second kappa shape index (κ2) is 4.07. The van der Waals surface area contributed by atoms with Gasteiger partial charge in [0.2, 0.25) is 0 Å². The minimum absolute atomic E-state index is 0.786. The van der Waals surface area contributed by atoms with Crippen LogP contribution in [0.3, 0.4) is 0 Å². The Hall–Kier alpha value is -0.280. The van der Waals surface area contributed by atoms with Crippen LogP contribution in [0, 0.1) is 0 Å². The van der Waals surface area contributed by atoms with Gasteiger partial charge in [0.1, 0.15) is 23.9 Å². The SMILES string of the molecule is OCC1(CO)OC(O)[C@H](O)[C@H](O)[C@H]1O. The number of aliphatic hydroxyl groups excluding tert-OH is 6. The van der Waals surface area contributed by atoms with Crippen LogP contribution in [0.5, 0.6) is 0 Å². The molecule has 4 atom stereocenters. The van der Waals surface area contributed by atoms with Crippen molar-refractivity contribution in [3.63, 3.8) is 0 Å². The third-order valence-electron chi connectivity index (χ3n) is 2.40. The first kappa shape index (κ1) is 11.8. The molecular weight excluding hydrogens is 196 g/mol. The molecule has 1 aliphatic heterocycles. The largest absolute Gasteiger partial charge is 0.393 e. The van der Waals surface area contributed by atoms with Gasteiger partial charge in [-0.1, -0.05) is 0 Å². The van der Waals surface area contributed by atoms with Crippen molar-refractivity contribution in [2.24, 2.45) is 0 Å². The van der Waals surface area contributed by atoms with E-state index in [1.54, 1.807) is 0 Å². The first-order chi connectivity index (χ1) is 6.48. The Morgan fingerprint density at radius 2 is 1.43 bits per heavy atom. The number of hydrogen-bond acceptors (Lipinski definition) is 7. The second-order valence-electron chi connectivity index (χ2n) is 3.32. The van der Waals surface area contributed by atoms with Crippen molar-refractivity contribution in [2.45, 2.75) is 30.2 Å². The minimum atomic E-state index is -1.85. The molecule has 1 unspecified atom stereocenters. The summed E-state index contributed by atoms with van der Waals surface area (Å²) >= 11 is 0. The molecule has 1 saturated heterocycles. The van der Waals surface area contributed by atoms with Gasteiger partial charge in [-0.15, -0.1) is 0 Å². The Labute approximate surface area is 79.8 Å². The van der Waals surface area contributed by atoms with Gasteiger partial charge in [-0.2, -0.15) is 0 Å². The minimum Gasteiger partial charge on any atom is -0.393 e. The zero-order chi connectivity index (χ0) is 10.9. The summed E-state index contributed by atoms with van der Waals surface area (Å²) in [7, 11) is 0. The normalized spacial score (nSPS) is 42.4. The van der Waals surface area contributed by atoms with Crippen LogP contribution in [0.2, 0.25) is 0 Å². The van der Waals surface area contributed by atoms with E-state index in [0.717, 1.165) is 0 Å². The molecule has 1 rings (SSSR count). The van der Waals surface area contributed by atoms with E-state index in [0.29, 0.717) is 0 Å². The highest BCUT2D eigenvalue weighted by molar-refractivity contribution is 4.99. The fourth-order valence-corrected chi connectivity index (χ4v) is 1.36. The van der Waals surface area contributed by atoms with Crippen LogP contribution < -0.4 is 0 Å². The van der Waals surface area contributed by atoms with Crippen LogP contribution in [0.1, 0.15) is 0 Å². The van der Waals surface area contributed by atoms with Gasteiger partial charge in [0.05, 0.1) is 13.2 Å². The Morgan fingerprint density at radius 3 is 1.86 bits per heavy atom. The maximum atomic E-state index is 9.41. The maximum Gasteiger partial charge on any atom is 0.184 e. The molecule has 0 aromatic rings. The molecule has 0 aromatic carbocycles. The molecule has 0 spiro atoms. The summed E-state index contributed by atoms with van der Waals surface area (Å²) < 4.78 is 4.66. The lowest BCUT2D eigenvalue weighted by molar-refractivity contribution is -0.333. The van der Waals surface area contributed by atoms with Crippen molar-refractivity contribution in [1.82, 2.24) is 0 Å². The van der Waals surface area contributed by atoms with Crippen LogP contribution in [0.15, 0.2) is 0 Å². The highest BCUT2D eigenvalue weighted by Crippen LogP contribution is 2.28. The van der Waals surface area contributed by atoms with Crippen LogP contribution in [-0.4, -0.2) is 74.1 Å². The first-order valence-electron chi connectivity index (χ1n) is 4.10. The summed E-state index contributed by atoms with van der Waals surface area (Å²) in [6, 6.07) is 0. The third kappa shape index (κ3) is 1.63. The van der Waals surface area contributed by atoms with Crippen molar-refractivity contribution < 1.29 is 35.4 Å². The summed E-state index contributed by atoms with van der Waals surface area (Å²) in [4.78, 5) is 0. The monoisotopic (exact) mass is 210 g/mol. The van der Waals surface area contributed by atoms with Crippen molar-refractivity contribution >= 4 is 0 Å². The topological polar surface area (TPSA) is 131 Å². The Bertz CT molecular complexity index is 192. The molecule has 1 aliphatic rings. The van der Waals surface area contributed by atoms with E-state index < -0.39 is 43.4 Å². The standard InChI is InChI=1S/C7H14O7/c8-1-7(2-9)5(12)3(10)4(11)6(13)14-7/h3-6,8-13H,1-2H2/t3-,4+,5+,6?/m0/s1. The molecule has 6 N–H and O–H groups in total. The molecule has 7 heteroatoms. The predicted octanol–water partition coefficient (Wildman–Crippen LogP) is -3.86. The predicted molar refractivity (Wildman–Crippen MR) is 42.0 cm³/mol. The average Bonchev–Trinajstić information content (AvgIpc) is 2.21. The highest BCUT2D eigenvalue weighted by Gasteiger charge is 2.52. The zero-order valence-electron chi connectivity index (χ0n) is 7.32. The fraction of sp³-hybridized carbons (Fsp3) is 1.00. The first-order valence-corrected chi connectivity index (χ1v) is 4.10. The lowest BCUT2D eigenvalue weighted by atomic mass is 9.88. The van der Waals surface area contributed by atoms with Crippen LogP contribution in [0.4, 0.5) is 0 Å². The van der Waals surface area contributed by atoms with Gasteiger partial charge in [-0.3, -0.25) is 0 Å². The molecule has 0 bridgehead atoms. The number of rotatable bonds is 2. The molecule has 1 fully saturated rings. The molecular formula is C7H14O7. The molecule has 0 aromatic heterocycles. The summed E-state index contributed by atoms with van der Waals surface area (Å²) in [6.07, 6.45) is -6.78.